The van der Waals surface area contributed by atoms with Gasteiger partial charge >= 0.3 is 0 Å². The Balaban J connectivity index is 1.68. The number of hydrogen-bond acceptors (Lipinski definition) is 5. The molecule has 2 aromatic carbocycles. The number of para-hydroxylation sites is 1. The number of nitriles is 1. The second-order valence-corrected chi connectivity index (χ2v) is 8.80. The van der Waals surface area contributed by atoms with Gasteiger partial charge in [0.2, 0.25) is 5.91 Å². The first-order valence-electron chi connectivity index (χ1n) is 9.93. The Morgan fingerprint density at radius 3 is 2.68 bits per heavy atom. The second-order valence-electron chi connectivity index (χ2n) is 7.40. The van der Waals surface area contributed by atoms with Crippen molar-refractivity contribution >= 4 is 35.0 Å². The van der Waals surface area contributed by atoms with Crippen LogP contribution in [0.15, 0.2) is 59.6 Å². The summed E-state index contributed by atoms with van der Waals surface area (Å²) in [5.41, 5.74) is 5.15. The minimum Gasteiger partial charge on any atom is -0.325 e. The third-order valence-corrected chi connectivity index (χ3v) is 6.38. The predicted molar refractivity (Wildman–Crippen MR) is 125 cm³/mol. The van der Waals surface area contributed by atoms with Crippen LogP contribution in [0, 0.1) is 11.3 Å². The number of amides is 1. The standard InChI is InChI=1S/C24H21ClN4OS/c1-29-12-11-21-20(14-29)23(16-7-9-17(25)10-8-16)19(13-26)24(28-21)31-15-22(30)27-18-5-3-2-4-6-18/h2-10H,11-12,14-15H2,1H3,(H,27,30). The number of carbonyl (C=O) groups excluding carboxylic acids is 1. The number of fused-ring (bicyclic) bond motifs is 1. The number of pyridine rings is 1. The van der Waals surface area contributed by atoms with Crippen LogP contribution in [0.3, 0.4) is 0 Å². The van der Waals surface area contributed by atoms with Gasteiger partial charge in [-0.05, 0) is 42.4 Å². The van der Waals surface area contributed by atoms with E-state index in [4.69, 9.17) is 16.6 Å². The number of benzene rings is 2. The van der Waals surface area contributed by atoms with Crippen LogP contribution in [-0.2, 0) is 17.8 Å². The van der Waals surface area contributed by atoms with E-state index in [0.29, 0.717) is 15.6 Å². The average Bonchev–Trinajstić information content (AvgIpc) is 2.78. The van der Waals surface area contributed by atoms with Crippen molar-refractivity contribution in [1.29, 1.82) is 5.26 Å². The molecule has 5 nitrogen and oxygen atoms in total. The Bertz CT molecular complexity index is 1140. The average molecular weight is 449 g/mol. The molecule has 2 heterocycles. The fourth-order valence-electron chi connectivity index (χ4n) is 3.67. The minimum absolute atomic E-state index is 0.132. The van der Waals surface area contributed by atoms with Gasteiger partial charge in [0.1, 0.15) is 11.1 Å². The molecule has 1 N–H and O–H groups in total. The first-order valence-corrected chi connectivity index (χ1v) is 11.3. The van der Waals surface area contributed by atoms with E-state index < -0.39 is 0 Å². The summed E-state index contributed by atoms with van der Waals surface area (Å²) >= 11 is 7.39. The lowest BCUT2D eigenvalue weighted by molar-refractivity contribution is -0.113. The van der Waals surface area contributed by atoms with E-state index in [0.717, 1.165) is 47.6 Å². The van der Waals surface area contributed by atoms with Gasteiger partial charge in [-0.15, -0.1) is 0 Å². The number of anilines is 1. The quantitative estimate of drug-likeness (QED) is 0.556. The van der Waals surface area contributed by atoms with Crippen molar-refractivity contribution in [2.45, 2.75) is 18.0 Å². The van der Waals surface area contributed by atoms with E-state index >= 15 is 0 Å². The molecule has 0 fully saturated rings. The molecule has 31 heavy (non-hydrogen) atoms. The zero-order chi connectivity index (χ0) is 21.8. The molecular formula is C24H21ClN4OS. The van der Waals surface area contributed by atoms with Gasteiger partial charge in [-0.1, -0.05) is 53.7 Å². The van der Waals surface area contributed by atoms with Crippen LogP contribution in [0.1, 0.15) is 16.8 Å². The van der Waals surface area contributed by atoms with Gasteiger partial charge in [0.25, 0.3) is 0 Å². The summed E-state index contributed by atoms with van der Waals surface area (Å²) in [6.45, 7) is 1.64. The van der Waals surface area contributed by atoms with Gasteiger partial charge in [-0.25, -0.2) is 4.98 Å². The van der Waals surface area contributed by atoms with Crippen LogP contribution >= 0.6 is 23.4 Å². The van der Waals surface area contributed by atoms with Crippen LogP contribution in [0.2, 0.25) is 5.02 Å². The number of hydrogen-bond donors (Lipinski definition) is 1. The summed E-state index contributed by atoms with van der Waals surface area (Å²) in [7, 11) is 2.07. The van der Waals surface area contributed by atoms with Crippen molar-refractivity contribution < 1.29 is 4.79 Å². The Kier molecular flexibility index (Phi) is 6.57. The lowest BCUT2D eigenvalue weighted by Gasteiger charge is -2.28. The zero-order valence-corrected chi connectivity index (χ0v) is 18.6. The maximum absolute atomic E-state index is 12.4. The fourth-order valence-corrected chi connectivity index (χ4v) is 4.60. The summed E-state index contributed by atoms with van der Waals surface area (Å²) in [6, 6.07) is 19.2. The summed E-state index contributed by atoms with van der Waals surface area (Å²) in [5.74, 6) is 0.0439. The number of rotatable bonds is 5. The van der Waals surface area contributed by atoms with E-state index in [2.05, 4.69) is 23.3 Å². The van der Waals surface area contributed by atoms with Crippen LogP contribution in [0.5, 0.6) is 0 Å². The molecular weight excluding hydrogens is 428 g/mol. The molecule has 0 radical (unpaired) electrons. The Labute approximate surface area is 191 Å². The smallest absolute Gasteiger partial charge is 0.234 e. The first kappa shape index (κ1) is 21.4. The lowest BCUT2D eigenvalue weighted by atomic mass is 9.92. The van der Waals surface area contributed by atoms with Gasteiger partial charge < -0.3 is 10.2 Å². The molecule has 0 saturated heterocycles. The SMILES string of the molecule is CN1CCc2nc(SCC(=O)Nc3ccccc3)c(C#N)c(-c3ccc(Cl)cc3)c2C1. The summed E-state index contributed by atoms with van der Waals surface area (Å²) < 4.78 is 0. The van der Waals surface area contributed by atoms with Crippen molar-refractivity contribution in [3.05, 3.63) is 76.4 Å². The van der Waals surface area contributed by atoms with Crippen LogP contribution in [-0.4, -0.2) is 35.1 Å². The lowest BCUT2D eigenvalue weighted by Crippen LogP contribution is -2.28. The highest BCUT2D eigenvalue weighted by molar-refractivity contribution is 8.00. The molecule has 0 spiro atoms. The predicted octanol–water partition coefficient (Wildman–Crippen LogP) is 4.99. The number of halogens is 1. The molecule has 0 bridgehead atoms. The van der Waals surface area contributed by atoms with Crippen LogP contribution < -0.4 is 5.32 Å². The normalized spacial score (nSPS) is 13.3. The van der Waals surface area contributed by atoms with Crippen molar-refractivity contribution in [3.8, 4) is 17.2 Å². The van der Waals surface area contributed by atoms with Crippen molar-refractivity contribution in [2.75, 3.05) is 24.7 Å². The van der Waals surface area contributed by atoms with Crippen molar-refractivity contribution in [3.63, 3.8) is 0 Å². The van der Waals surface area contributed by atoms with E-state index in [1.807, 2.05) is 54.6 Å². The number of nitrogens with zero attached hydrogens (tertiary/aromatic N) is 3. The third kappa shape index (κ3) is 4.91. The van der Waals surface area contributed by atoms with Gasteiger partial charge in [0.15, 0.2) is 0 Å². The molecule has 0 aliphatic carbocycles. The molecule has 7 heteroatoms. The van der Waals surface area contributed by atoms with Gasteiger partial charge in [0.05, 0.1) is 11.3 Å². The first-order chi connectivity index (χ1) is 15.0. The molecule has 1 aliphatic heterocycles. The molecule has 1 aromatic heterocycles. The molecule has 156 valence electrons. The molecule has 1 amide bonds. The van der Waals surface area contributed by atoms with Crippen LogP contribution in [0.4, 0.5) is 5.69 Å². The summed E-state index contributed by atoms with van der Waals surface area (Å²) in [6.07, 6.45) is 0.807. The van der Waals surface area contributed by atoms with Gasteiger partial charge in [-0.3, -0.25) is 4.79 Å². The number of aromatic nitrogens is 1. The Hall–Kier alpha value is -2.85. The second kappa shape index (κ2) is 9.52. The van der Waals surface area contributed by atoms with E-state index in [1.54, 1.807) is 0 Å². The fraction of sp³-hybridized carbons (Fsp3) is 0.208. The summed E-state index contributed by atoms with van der Waals surface area (Å²) in [5, 5.41) is 14.2. The molecule has 4 rings (SSSR count). The zero-order valence-electron chi connectivity index (χ0n) is 17.1. The minimum atomic E-state index is -0.132. The van der Waals surface area contributed by atoms with Crippen molar-refractivity contribution in [1.82, 2.24) is 9.88 Å². The Morgan fingerprint density at radius 2 is 1.97 bits per heavy atom. The van der Waals surface area contributed by atoms with E-state index in [1.165, 1.54) is 11.8 Å². The van der Waals surface area contributed by atoms with E-state index in [9.17, 15) is 10.1 Å². The number of likely N-dealkylation sites (N-methyl/N-ethyl adjacent to an activating group) is 1. The highest BCUT2D eigenvalue weighted by Crippen LogP contribution is 2.37. The number of thioether (sulfide) groups is 1. The Morgan fingerprint density at radius 1 is 1.23 bits per heavy atom. The van der Waals surface area contributed by atoms with Gasteiger partial charge in [0, 0.05) is 41.5 Å². The third-order valence-electron chi connectivity index (χ3n) is 5.15. The van der Waals surface area contributed by atoms with Crippen LogP contribution in [0.25, 0.3) is 11.1 Å². The molecule has 0 unspecified atom stereocenters. The molecule has 0 atom stereocenters. The highest BCUT2D eigenvalue weighted by Gasteiger charge is 2.25. The maximum Gasteiger partial charge on any atom is 0.234 e. The molecule has 0 saturated carbocycles. The largest absolute Gasteiger partial charge is 0.325 e. The van der Waals surface area contributed by atoms with E-state index in [-0.39, 0.29) is 11.7 Å². The summed E-state index contributed by atoms with van der Waals surface area (Å²) in [4.78, 5) is 19.5. The maximum atomic E-state index is 12.4. The van der Waals surface area contributed by atoms with Gasteiger partial charge in [-0.2, -0.15) is 5.26 Å². The molecule has 3 aromatic rings. The number of nitrogens with one attached hydrogen (secondary N) is 1. The molecule has 1 aliphatic rings. The monoisotopic (exact) mass is 448 g/mol. The topological polar surface area (TPSA) is 69.0 Å². The highest BCUT2D eigenvalue weighted by atomic mass is 35.5. The van der Waals surface area contributed by atoms with Crippen molar-refractivity contribution in [2.24, 2.45) is 0 Å². The number of carbonyl (C=O) groups is 1.